The van der Waals surface area contributed by atoms with Gasteiger partial charge in [0, 0.05) is 12.7 Å². The molecule has 1 unspecified atom stereocenters. The molecule has 26 heavy (non-hydrogen) atoms. The van der Waals surface area contributed by atoms with Crippen LogP contribution in [0.5, 0.6) is 5.75 Å². The zero-order valence-corrected chi connectivity index (χ0v) is 14.7. The normalized spacial score (nSPS) is 17.2. The third kappa shape index (κ3) is 4.19. The number of aromatic nitrogens is 1. The molecule has 2 N–H and O–H groups in total. The summed E-state index contributed by atoms with van der Waals surface area (Å²) in [5.74, 6) is -0.274. The molecule has 138 valence electrons. The SMILES string of the molecule is NCCCOc1ccc(F)cc1C(=O)N1CCCCC1c1ccccn1. The van der Waals surface area contributed by atoms with Gasteiger partial charge in [0.2, 0.25) is 0 Å². The lowest BCUT2D eigenvalue weighted by atomic mass is 9.97. The summed E-state index contributed by atoms with van der Waals surface area (Å²) in [4.78, 5) is 19.4. The van der Waals surface area contributed by atoms with E-state index in [0.717, 1.165) is 25.0 Å². The summed E-state index contributed by atoms with van der Waals surface area (Å²) >= 11 is 0. The Morgan fingerprint density at radius 2 is 2.19 bits per heavy atom. The number of carbonyl (C=O) groups excluding carboxylic acids is 1. The van der Waals surface area contributed by atoms with Crippen molar-refractivity contribution in [1.29, 1.82) is 0 Å². The number of hydrogen-bond donors (Lipinski definition) is 1. The summed E-state index contributed by atoms with van der Waals surface area (Å²) in [6, 6.07) is 9.68. The van der Waals surface area contributed by atoms with Crippen LogP contribution in [0.1, 0.15) is 47.8 Å². The van der Waals surface area contributed by atoms with E-state index in [2.05, 4.69) is 4.98 Å². The minimum absolute atomic E-state index is 0.0994. The van der Waals surface area contributed by atoms with E-state index in [1.807, 2.05) is 18.2 Å². The topological polar surface area (TPSA) is 68.5 Å². The number of nitrogens with two attached hydrogens (primary N) is 1. The molecule has 1 aromatic heterocycles. The standard InChI is InChI=1S/C20H24FN3O2/c21-15-8-9-19(26-13-5-10-22)16(14-15)20(25)24-12-4-2-7-18(24)17-6-1-3-11-23-17/h1,3,6,8-9,11,14,18H,2,4-5,7,10,12-13,22H2. The maximum atomic E-state index is 13.8. The Morgan fingerprint density at radius 1 is 1.31 bits per heavy atom. The van der Waals surface area contributed by atoms with Crippen LogP contribution in [0.25, 0.3) is 0 Å². The Hall–Kier alpha value is -2.47. The second kappa shape index (κ2) is 8.76. The van der Waals surface area contributed by atoms with Crippen molar-refractivity contribution < 1.29 is 13.9 Å². The fourth-order valence-electron chi connectivity index (χ4n) is 3.27. The van der Waals surface area contributed by atoms with Crippen LogP contribution < -0.4 is 10.5 Å². The molecule has 2 aromatic rings. The van der Waals surface area contributed by atoms with E-state index in [1.54, 1.807) is 11.1 Å². The van der Waals surface area contributed by atoms with Crippen LogP contribution in [-0.4, -0.2) is 35.5 Å². The molecule has 0 radical (unpaired) electrons. The number of likely N-dealkylation sites (tertiary alicyclic amines) is 1. The number of hydrogen-bond acceptors (Lipinski definition) is 4. The zero-order valence-electron chi connectivity index (χ0n) is 14.7. The van der Waals surface area contributed by atoms with E-state index in [4.69, 9.17) is 10.5 Å². The van der Waals surface area contributed by atoms with E-state index in [-0.39, 0.29) is 17.5 Å². The molecule has 2 heterocycles. The number of benzene rings is 1. The van der Waals surface area contributed by atoms with Gasteiger partial charge in [-0.3, -0.25) is 9.78 Å². The highest BCUT2D eigenvalue weighted by atomic mass is 19.1. The van der Waals surface area contributed by atoms with Gasteiger partial charge >= 0.3 is 0 Å². The monoisotopic (exact) mass is 357 g/mol. The maximum Gasteiger partial charge on any atom is 0.258 e. The van der Waals surface area contributed by atoms with Gasteiger partial charge in [0.1, 0.15) is 11.6 Å². The van der Waals surface area contributed by atoms with E-state index >= 15 is 0 Å². The first-order valence-corrected chi connectivity index (χ1v) is 9.05. The number of nitrogens with zero attached hydrogens (tertiary/aromatic N) is 2. The summed E-state index contributed by atoms with van der Waals surface area (Å²) in [6.45, 7) is 1.52. The predicted molar refractivity (Wildman–Crippen MR) is 97.4 cm³/mol. The summed E-state index contributed by atoms with van der Waals surface area (Å²) in [7, 11) is 0. The fraction of sp³-hybridized carbons (Fsp3) is 0.400. The second-order valence-electron chi connectivity index (χ2n) is 6.40. The Kier molecular flexibility index (Phi) is 6.17. The number of carbonyl (C=O) groups is 1. The molecule has 0 bridgehead atoms. The molecular weight excluding hydrogens is 333 g/mol. The number of rotatable bonds is 6. The molecule has 0 saturated carbocycles. The van der Waals surface area contributed by atoms with Gasteiger partial charge in [-0.05, 0) is 62.6 Å². The van der Waals surface area contributed by atoms with E-state index in [9.17, 15) is 9.18 Å². The average Bonchev–Trinajstić information content (AvgIpc) is 2.69. The quantitative estimate of drug-likeness (QED) is 0.806. The van der Waals surface area contributed by atoms with Gasteiger partial charge in [-0.1, -0.05) is 6.07 Å². The zero-order chi connectivity index (χ0) is 18.4. The third-order valence-corrected chi connectivity index (χ3v) is 4.57. The Balaban J connectivity index is 1.88. The van der Waals surface area contributed by atoms with Crippen molar-refractivity contribution in [3.8, 4) is 5.75 Å². The molecule has 1 saturated heterocycles. The van der Waals surface area contributed by atoms with E-state index in [1.165, 1.54) is 18.2 Å². The van der Waals surface area contributed by atoms with Crippen LogP contribution >= 0.6 is 0 Å². The predicted octanol–water partition coefficient (Wildman–Crippen LogP) is 3.32. The molecule has 1 amide bonds. The van der Waals surface area contributed by atoms with Gasteiger partial charge < -0.3 is 15.4 Å². The minimum atomic E-state index is -0.453. The molecule has 0 spiro atoms. The Morgan fingerprint density at radius 3 is 2.96 bits per heavy atom. The molecule has 1 aliphatic rings. The van der Waals surface area contributed by atoms with Crippen LogP contribution in [0.4, 0.5) is 4.39 Å². The van der Waals surface area contributed by atoms with E-state index < -0.39 is 5.82 Å². The number of amides is 1. The van der Waals surface area contributed by atoms with Crippen molar-refractivity contribution in [3.63, 3.8) is 0 Å². The molecule has 1 atom stereocenters. The Labute approximate surface area is 153 Å². The molecule has 5 nitrogen and oxygen atoms in total. The van der Waals surface area contributed by atoms with Gasteiger partial charge in [0.15, 0.2) is 0 Å². The smallest absolute Gasteiger partial charge is 0.258 e. The summed E-state index contributed by atoms with van der Waals surface area (Å²) < 4.78 is 19.5. The average molecular weight is 357 g/mol. The Bertz CT molecular complexity index is 739. The van der Waals surface area contributed by atoms with Crippen molar-refractivity contribution in [1.82, 2.24) is 9.88 Å². The van der Waals surface area contributed by atoms with Gasteiger partial charge in [0.05, 0.1) is 23.9 Å². The third-order valence-electron chi connectivity index (χ3n) is 4.57. The first-order chi connectivity index (χ1) is 12.7. The second-order valence-corrected chi connectivity index (χ2v) is 6.40. The first-order valence-electron chi connectivity index (χ1n) is 9.05. The number of ether oxygens (including phenoxy) is 1. The molecule has 0 aliphatic carbocycles. The molecule has 3 rings (SSSR count). The largest absolute Gasteiger partial charge is 0.493 e. The lowest BCUT2D eigenvalue weighted by Gasteiger charge is -2.35. The molecule has 6 heteroatoms. The number of piperidine rings is 1. The lowest BCUT2D eigenvalue weighted by molar-refractivity contribution is 0.0601. The maximum absolute atomic E-state index is 13.8. The van der Waals surface area contributed by atoms with Crippen molar-refractivity contribution in [2.75, 3.05) is 19.7 Å². The van der Waals surface area contributed by atoms with Crippen molar-refractivity contribution in [2.45, 2.75) is 31.7 Å². The van der Waals surface area contributed by atoms with Crippen LogP contribution in [0, 0.1) is 5.82 Å². The highest BCUT2D eigenvalue weighted by molar-refractivity contribution is 5.97. The van der Waals surface area contributed by atoms with Crippen molar-refractivity contribution in [2.24, 2.45) is 5.73 Å². The number of pyridine rings is 1. The summed E-state index contributed by atoms with van der Waals surface area (Å²) in [5, 5.41) is 0. The van der Waals surface area contributed by atoms with Gasteiger partial charge in [-0.2, -0.15) is 0 Å². The highest BCUT2D eigenvalue weighted by Gasteiger charge is 2.31. The first kappa shape index (κ1) is 18.3. The molecule has 1 aliphatic heterocycles. The molecular formula is C20H24FN3O2. The van der Waals surface area contributed by atoms with Crippen LogP contribution in [0.15, 0.2) is 42.6 Å². The van der Waals surface area contributed by atoms with Gasteiger partial charge in [0.25, 0.3) is 5.91 Å². The van der Waals surface area contributed by atoms with E-state index in [0.29, 0.717) is 31.9 Å². The van der Waals surface area contributed by atoms with Gasteiger partial charge in [-0.25, -0.2) is 4.39 Å². The molecule has 1 aromatic carbocycles. The van der Waals surface area contributed by atoms with Crippen molar-refractivity contribution in [3.05, 3.63) is 59.7 Å². The minimum Gasteiger partial charge on any atom is -0.493 e. The van der Waals surface area contributed by atoms with Crippen LogP contribution in [0.2, 0.25) is 0 Å². The summed E-state index contributed by atoms with van der Waals surface area (Å²) in [5.41, 5.74) is 6.61. The van der Waals surface area contributed by atoms with Gasteiger partial charge in [-0.15, -0.1) is 0 Å². The van der Waals surface area contributed by atoms with Crippen LogP contribution in [0.3, 0.4) is 0 Å². The summed E-state index contributed by atoms with van der Waals surface area (Å²) in [6.07, 6.45) is 5.21. The fourth-order valence-corrected chi connectivity index (χ4v) is 3.27. The molecule has 1 fully saturated rings. The van der Waals surface area contributed by atoms with Crippen LogP contribution in [-0.2, 0) is 0 Å². The highest BCUT2D eigenvalue weighted by Crippen LogP contribution is 2.33. The lowest BCUT2D eigenvalue weighted by Crippen LogP contribution is -2.39. The number of halogens is 1. The van der Waals surface area contributed by atoms with Crippen molar-refractivity contribution >= 4 is 5.91 Å².